The van der Waals surface area contributed by atoms with Gasteiger partial charge in [-0.05, 0) is 19.9 Å². The molecule has 0 fully saturated rings. The van der Waals surface area contributed by atoms with Crippen molar-refractivity contribution >= 4 is 18.2 Å². The van der Waals surface area contributed by atoms with Gasteiger partial charge in [0.2, 0.25) is 0 Å². The van der Waals surface area contributed by atoms with Crippen molar-refractivity contribution < 1.29 is 0 Å². The molecule has 1 N–H and O–H groups in total. The predicted molar refractivity (Wildman–Crippen MR) is 70.4 cm³/mol. The summed E-state index contributed by atoms with van der Waals surface area (Å²) in [5, 5.41) is 11.9. The topological polar surface area (TPSA) is 47.7 Å². The molecule has 0 saturated carbocycles. The van der Waals surface area contributed by atoms with E-state index in [9.17, 15) is 0 Å². The zero-order valence-corrected chi connectivity index (χ0v) is 11.1. The summed E-state index contributed by atoms with van der Waals surface area (Å²) in [5.74, 6) is 1.03. The zero-order valence-electron chi connectivity index (χ0n) is 10.3. The molecular formula is C11H18ClN5. The standard InChI is InChI=1S/C11H17N5.ClH/c1-9(2)16-11(4-6-13-16)12-8-10-5-7-15(3)14-10;/h4-7,9,12H,8H2,1-3H3;1H. The summed E-state index contributed by atoms with van der Waals surface area (Å²) in [7, 11) is 1.92. The average molecular weight is 256 g/mol. The monoisotopic (exact) mass is 255 g/mol. The van der Waals surface area contributed by atoms with Crippen molar-refractivity contribution in [2.45, 2.75) is 26.4 Å². The van der Waals surface area contributed by atoms with Crippen LogP contribution in [0.25, 0.3) is 0 Å². The minimum atomic E-state index is 0. The van der Waals surface area contributed by atoms with Crippen molar-refractivity contribution in [3.05, 3.63) is 30.2 Å². The fourth-order valence-corrected chi connectivity index (χ4v) is 1.60. The van der Waals surface area contributed by atoms with Crippen LogP contribution in [-0.4, -0.2) is 19.6 Å². The van der Waals surface area contributed by atoms with E-state index >= 15 is 0 Å². The van der Waals surface area contributed by atoms with Gasteiger partial charge in [0.1, 0.15) is 5.82 Å². The van der Waals surface area contributed by atoms with Gasteiger partial charge in [-0.25, -0.2) is 4.68 Å². The average Bonchev–Trinajstić information content (AvgIpc) is 2.83. The van der Waals surface area contributed by atoms with Crippen LogP contribution in [0, 0.1) is 0 Å². The summed E-state index contributed by atoms with van der Waals surface area (Å²) in [4.78, 5) is 0. The number of nitrogens with one attached hydrogen (secondary N) is 1. The lowest BCUT2D eigenvalue weighted by Gasteiger charge is -2.11. The smallest absolute Gasteiger partial charge is 0.124 e. The number of rotatable bonds is 4. The first-order valence-electron chi connectivity index (χ1n) is 5.42. The Kier molecular flexibility index (Phi) is 4.57. The maximum absolute atomic E-state index is 4.31. The number of halogens is 1. The summed E-state index contributed by atoms with van der Waals surface area (Å²) in [5.41, 5.74) is 1.03. The van der Waals surface area contributed by atoms with Crippen LogP contribution in [0.15, 0.2) is 24.5 Å². The normalized spacial score (nSPS) is 10.4. The Labute approximate surface area is 107 Å². The molecule has 17 heavy (non-hydrogen) atoms. The second-order valence-corrected chi connectivity index (χ2v) is 4.09. The van der Waals surface area contributed by atoms with Gasteiger partial charge >= 0.3 is 0 Å². The fraction of sp³-hybridized carbons (Fsp3) is 0.455. The zero-order chi connectivity index (χ0) is 11.5. The number of nitrogens with zero attached hydrogens (tertiary/aromatic N) is 4. The predicted octanol–water partition coefficient (Wildman–Crippen LogP) is 2.23. The summed E-state index contributed by atoms with van der Waals surface area (Å²) < 4.78 is 3.76. The Morgan fingerprint density at radius 1 is 1.35 bits per heavy atom. The highest BCUT2D eigenvalue weighted by Gasteiger charge is 2.05. The molecule has 0 amide bonds. The van der Waals surface area contributed by atoms with E-state index in [4.69, 9.17) is 0 Å². The van der Waals surface area contributed by atoms with Gasteiger partial charge in [-0.1, -0.05) is 0 Å². The number of hydrogen-bond donors (Lipinski definition) is 1. The second kappa shape index (κ2) is 5.72. The van der Waals surface area contributed by atoms with E-state index in [1.54, 1.807) is 10.9 Å². The largest absolute Gasteiger partial charge is 0.365 e. The molecule has 0 spiro atoms. The molecule has 0 saturated heterocycles. The molecule has 5 nitrogen and oxygen atoms in total. The van der Waals surface area contributed by atoms with Gasteiger partial charge in [-0.3, -0.25) is 4.68 Å². The summed E-state index contributed by atoms with van der Waals surface area (Å²) in [6.07, 6.45) is 3.75. The van der Waals surface area contributed by atoms with Gasteiger partial charge in [-0.15, -0.1) is 12.4 Å². The maximum Gasteiger partial charge on any atom is 0.124 e. The molecule has 0 atom stereocenters. The first kappa shape index (κ1) is 13.6. The molecule has 94 valence electrons. The van der Waals surface area contributed by atoms with Gasteiger partial charge in [0.05, 0.1) is 18.4 Å². The maximum atomic E-state index is 4.31. The Bertz CT molecular complexity index is 460. The minimum Gasteiger partial charge on any atom is -0.365 e. The Morgan fingerprint density at radius 3 is 2.71 bits per heavy atom. The van der Waals surface area contributed by atoms with Crippen molar-refractivity contribution in [2.24, 2.45) is 7.05 Å². The Morgan fingerprint density at radius 2 is 2.12 bits per heavy atom. The van der Waals surface area contributed by atoms with Crippen LogP contribution < -0.4 is 5.32 Å². The van der Waals surface area contributed by atoms with E-state index in [0.717, 1.165) is 18.1 Å². The van der Waals surface area contributed by atoms with Crippen LogP contribution in [0.5, 0.6) is 0 Å². The molecule has 2 heterocycles. The molecule has 2 rings (SSSR count). The highest BCUT2D eigenvalue weighted by molar-refractivity contribution is 5.85. The summed E-state index contributed by atoms with van der Waals surface area (Å²) >= 11 is 0. The molecule has 6 heteroatoms. The molecule has 2 aromatic heterocycles. The molecule has 2 aromatic rings. The molecule has 0 unspecified atom stereocenters. The van der Waals surface area contributed by atoms with E-state index in [1.807, 2.05) is 30.1 Å². The van der Waals surface area contributed by atoms with Gasteiger partial charge in [-0.2, -0.15) is 10.2 Å². The van der Waals surface area contributed by atoms with Gasteiger partial charge in [0.25, 0.3) is 0 Å². The van der Waals surface area contributed by atoms with Gasteiger partial charge in [0, 0.05) is 25.4 Å². The first-order valence-corrected chi connectivity index (χ1v) is 5.42. The van der Waals surface area contributed by atoms with Crippen molar-refractivity contribution in [1.82, 2.24) is 19.6 Å². The van der Waals surface area contributed by atoms with Crippen molar-refractivity contribution in [3.63, 3.8) is 0 Å². The van der Waals surface area contributed by atoms with E-state index in [-0.39, 0.29) is 12.4 Å². The second-order valence-electron chi connectivity index (χ2n) is 4.09. The fourth-order valence-electron chi connectivity index (χ4n) is 1.60. The first-order chi connectivity index (χ1) is 7.66. The SMILES string of the molecule is CC(C)n1nccc1NCc1ccn(C)n1.Cl. The number of anilines is 1. The van der Waals surface area contributed by atoms with E-state index < -0.39 is 0 Å². The van der Waals surface area contributed by atoms with Crippen molar-refractivity contribution in [3.8, 4) is 0 Å². The Hall–Kier alpha value is -1.49. The number of aryl methyl sites for hydroxylation is 1. The third-order valence-electron chi connectivity index (χ3n) is 2.38. The molecule has 0 radical (unpaired) electrons. The molecule has 0 aliphatic carbocycles. The van der Waals surface area contributed by atoms with E-state index in [2.05, 4.69) is 29.4 Å². The van der Waals surface area contributed by atoms with Crippen LogP contribution >= 0.6 is 12.4 Å². The van der Waals surface area contributed by atoms with Gasteiger partial charge < -0.3 is 5.32 Å². The lowest BCUT2D eigenvalue weighted by Crippen LogP contribution is -2.10. The van der Waals surface area contributed by atoms with Crippen LogP contribution in [0.4, 0.5) is 5.82 Å². The third-order valence-corrected chi connectivity index (χ3v) is 2.38. The molecule has 0 aliphatic rings. The lowest BCUT2D eigenvalue weighted by molar-refractivity contribution is 0.537. The molecule has 0 aromatic carbocycles. The van der Waals surface area contributed by atoms with Crippen LogP contribution in [-0.2, 0) is 13.6 Å². The molecule has 0 bridgehead atoms. The van der Waals surface area contributed by atoms with E-state index in [1.165, 1.54) is 0 Å². The number of hydrogen-bond acceptors (Lipinski definition) is 3. The van der Waals surface area contributed by atoms with E-state index in [0.29, 0.717) is 6.04 Å². The molecular weight excluding hydrogens is 238 g/mol. The quantitative estimate of drug-likeness (QED) is 0.912. The highest BCUT2D eigenvalue weighted by atomic mass is 35.5. The minimum absolute atomic E-state index is 0. The summed E-state index contributed by atoms with van der Waals surface area (Å²) in [6, 6.07) is 4.34. The summed E-state index contributed by atoms with van der Waals surface area (Å²) in [6.45, 7) is 4.94. The number of aromatic nitrogens is 4. The van der Waals surface area contributed by atoms with Crippen LogP contribution in [0.1, 0.15) is 25.6 Å². The molecule has 0 aliphatic heterocycles. The van der Waals surface area contributed by atoms with Crippen molar-refractivity contribution in [1.29, 1.82) is 0 Å². The highest BCUT2D eigenvalue weighted by Crippen LogP contribution is 2.13. The third kappa shape index (κ3) is 3.23. The lowest BCUT2D eigenvalue weighted by atomic mass is 10.4. The van der Waals surface area contributed by atoms with Crippen LogP contribution in [0.3, 0.4) is 0 Å². The Balaban J connectivity index is 0.00000144. The van der Waals surface area contributed by atoms with Crippen LogP contribution in [0.2, 0.25) is 0 Å². The van der Waals surface area contributed by atoms with Crippen molar-refractivity contribution in [2.75, 3.05) is 5.32 Å². The van der Waals surface area contributed by atoms with Gasteiger partial charge in [0.15, 0.2) is 0 Å².